The lowest BCUT2D eigenvalue weighted by Gasteiger charge is -2.28. The molecule has 94 valence electrons. The monoisotopic (exact) mass is 240 g/mol. The highest BCUT2D eigenvalue weighted by molar-refractivity contribution is 5.16. The van der Waals surface area contributed by atoms with E-state index in [1.165, 1.54) is 6.07 Å². The molecule has 1 aromatic carbocycles. The standard InChI is InChI=1S/C13H17FO3/c1-2-13-16-8-11(9-17-13)15-7-10-5-3-4-6-12(10)14/h3-6,11,13H,2,7-9H2,1H3. The van der Waals surface area contributed by atoms with Crippen LogP contribution in [0.25, 0.3) is 0 Å². The summed E-state index contributed by atoms with van der Waals surface area (Å²) in [5.74, 6) is -0.239. The highest BCUT2D eigenvalue weighted by Gasteiger charge is 2.21. The molecule has 1 aromatic rings. The van der Waals surface area contributed by atoms with Crippen LogP contribution in [0.3, 0.4) is 0 Å². The van der Waals surface area contributed by atoms with E-state index >= 15 is 0 Å². The van der Waals surface area contributed by atoms with E-state index in [4.69, 9.17) is 14.2 Å². The van der Waals surface area contributed by atoms with Gasteiger partial charge in [0, 0.05) is 5.56 Å². The lowest BCUT2D eigenvalue weighted by Crippen LogP contribution is -2.36. The molecule has 4 heteroatoms. The Morgan fingerprint density at radius 1 is 1.29 bits per heavy atom. The summed E-state index contributed by atoms with van der Waals surface area (Å²) >= 11 is 0. The molecule has 0 spiro atoms. The summed E-state index contributed by atoms with van der Waals surface area (Å²) in [6.07, 6.45) is 0.598. The van der Waals surface area contributed by atoms with E-state index in [2.05, 4.69) is 0 Å². The molecule has 0 unspecified atom stereocenters. The van der Waals surface area contributed by atoms with Gasteiger partial charge >= 0.3 is 0 Å². The Morgan fingerprint density at radius 2 is 2.00 bits per heavy atom. The van der Waals surface area contributed by atoms with Gasteiger partial charge in [-0.2, -0.15) is 0 Å². The molecule has 1 aliphatic rings. The quantitative estimate of drug-likeness (QED) is 0.809. The normalized spacial score (nSPS) is 24.8. The molecule has 17 heavy (non-hydrogen) atoms. The third-order valence-corrected chi connectivity index (χ3v) is 2.70. The molecular weight excluding hydrogens is 223 g/mol. The van der Waals surface area contributed by atoms with Crippen LogP contribution in [0.2, 0.25) is 0 Å². The van der Waals surface area contributed by atoms with Crippen LogP contribution in [0.15, 0.2) is 24.3 Å². The van der Waals surface area contributed by atoms with Crippen molar-refractivity contribution in [3.05, 3.63) is 35.6 Å². The zero-order valence-electron chi connectivity index (χ0n) is 9.90. The van der Waals surface area contributed by atoms with Crippen molar-refractivity contribution < 1.29 is 18.6 Å². The minimum Gasteiger partial charge on any atom is -0.369 e. The maximum Gasteiger partial charge on any atom is 0.157 e. The first-order chi connectivity index (χ1) is 8.29. The van der Waals surface area contributed by atoms with Gasteiger partial charge in [-0.25, -0.2) is 4.39 Å². The van der Waals surface area contributed by atoms with Crippen LogP contribution in [0, 0.1) is 5.82 Å². The van der Waals surface area contributed by atoms with Crippen LogP contribution in [0.4, 0.5) is 4.39 Å². The van der Waals surface area contributed by atoms with Gasteiger partial charge in [0.2, 0.25) is 0 Å². The summed E-state index contributed by atoms with van der Waals surface area (Å²) < 4.78 is 29.7. The van der Waals surface area contributed by atoms with Crippen LogP contribution in [0.5, 0.6) is 0 Å². The van der Waals surface area contributed by atoms with Crippen molar-refractivity contribution in [2.45, 2.75) is 32.3 Å². The van der Waals surface area contributed by atoms with Crippen molar-refractivity contribution in [2.75, 3.05) is 13.2 Å². The minimum atomic E-state index is -0.239. The average molecular weight is 240 g/mol. The molecule has 0 amide bonds. The summed E-state index contributed by atoms with van der Waals surface area (Å²) in [6.45, 7) is 3.27. The number of rotatable bonds is 4. The fourth-order valence-corrected chi connectivity index (χ4v) is 1.68. The van der Waals surface area contributed by atoms with Crippen LogP contribution >= 0.6 is 0 Å². The van der Waals surface area contributed by atoms with E-state index in [1.54, 1.807) is 18.2 Å². The second kappa shape index (κ2) is 6.10. The van der Waals surface area contributed by atoms with Gasteiger partial charge in [-0.05, 0) is 12.5 Å². The van der Waals surface area contributed by atoms with Crippen molar-refractivity contribution in [3.63, 3.8) is 0 Å². The topological polar surface area (TPSA) is 27.7 Å². The fraction of sp³-hybridized carbons (Fsp3) is 0.538. The van der Waals surface area contributed by atoms with Gasteiger partial charge in [0.15, 0.2) is 6.29 Å². The molecule has 1 aliphatic heterocycles. The Bertz CT molecular complexity index is 348. The molecule has 0 radical (unpaired) electrons. The fourth-order valence-electron chi connectivity index (χ4n) is 1.68. The molecule has 0 aromatic heterocycles. The first-order valence-corrected chi connectivity index (χ1v) is 5.87. The number of halogens is 1. The van der Waals surface area contributed by atoms with Crippen molar-refractivity contribution in [3.8, 4) is 0 Å². The Hall–Kier alpha value is -0.970. The first kappa shape index (κ1) is 12.5. The summed E-state index contributed by atoms with van der Waals surface area (Å²) in [6, 6.07) is 6.61. The molecule has 0 bridgehead atoms. The predicted molar refractivity (Wildman–Crippen MR) is 61.0 cm³/mol. The highest BCUT2D eigenvalue weighted by Crippen LogP contribution is 2.14. The number of ether oxygens (including phenoxy) is 3. The van der Waals surface area contributed by atoms with Crippen LogP contribution in [-0.4, -0.2) is 25.6 Å². The lowest BCUT2D eigenvalue weighted by molar-refractivity contribution is -0.228. The molecule has 1 heterocycles. The molecule has 0 atom stereocenters. The lowest BCUT2D eigenvalue weighted by atomic mass is 10.2. The van der Waals surface area contributed by atoms with E-state index in [0.717, 1.165) is 6.42 Å². The van der Waals surface area contributed by atoms with Crippen molar-refractivity contribution in [2.24, 2.45) is 0 Å². The van der Waals surface area contributed by atoms with Gasteiger partial charge in [0.05, 0.1) is 19.8 Å². The van der Waals surface area contributed by atoms with Gasteiger partial charge < -0.3 is 14.2 Å². The summed E-state index contributed by atoms with van der Waals surface area (Å²) in [4.78, 5) is 0. The van der Waals surface area contributed by atoms with Gasteiger partial charge in [-0.3, -0.25) is 0 Å². The Morgan fingerprint density at radius 3 is 2.65 bits per heavy atom. The largest absolute Gasteiger partial charge is 0.369 e. The maximum absolute atomic E-state index is 13.3. The first-order valence-electron chi connectivity index (χ1n) is 5.87. The second-order valence-corrected chi connectivity index (χ2v) is 4.03. The van der Waals surface area contributed by atoms with Gasteiger partial charge in [-0.1, -0.05) is 25.1 Å². The summed E-state index contributed by atoms with van der Waals surface area (Å²) in [5, 5.41) is 0. The Labute approximate surface area is 100 Å². The van der Waals surface area contributed by atoms with Gasteiger partial charge in [0.1, 0.15) is 11.9 Å². The van der Waals surface area contributed by atoms with E-state index in [-0.39, 0.29) is 24.8 Å². The highest BCUT2D eigenvalue weighted by atomic mass is 19.1. The summed E-state index contributed by atoms with van der Waals surface area (Å²) in [7, 11) is 0. The molecule has 0 N–H and O–H groups in total. The second-order valence-electron chi connectivity index (χ2n) is 4.03. The molecule has 3 nitrogen and oxygen atoms in total. The smallest absolute Gasteiger partial charge is 0.157 e. The minimum absolute atomic E-state index is 0.114. The maximum atomic E-state index is 13.3. The van der Waals surface area contributed by atoms with Crippen molar-refractivity contribution >= 4 is 0 Å². The average Bonchev–Trinajstić information content (AvgIpc) is 2.38. The van der Waals surface area contributed by atoms with Crippen LogP contribution in [-0.2, 0) is 20.8 Å². The van der Waals surface area contributed by atoms with E-state index < -0.39 is 0 Å². The number of hydrogen-bond donors (Lipinski definition) is 0. The predicted octanol–water partition coefficient (Wildman–Crippen LogP) is 2.49. The van der Waals surface area contributed by atoms with E-state index in [1.807, 2.05) is 6.92 Å². The zero-order valence-corrected chi connectivity index (χ0v) is 9.90. The summed E-state index contributed by atoms with van der Waals surface area (Å²) in [5.41, 5.74) is 0.560. The molecule has 0 saturated carbocycles. The molecule has 1 fully saturated rings. The van der Waals surface area contributed by atoms with Gasteiger partial charge in [0.25, 0.3) is 0 Å². The SMILES string of the molecule is CCC1OCC(OCc2ccccc2F)CO1. The number of hydrogen-bond acceptors (Lipinski definition) is 3. The molecule has 0 aliphatic carbocycles. The van der Waals surface area contributed by atoms with Crippen molar-refractivity contribution in [1.29, 1.82) is 0 Å². The Kier molecular flexibility index (Phi) is 4.48. The van der Waals surface area contributed by atoms with E-state index in [9.17, 15) is 4.39 Å². The third kappa shape index (κ3) is 3.49. The number of benzene rings is 1. The van der Waals surface area contributed by atoms with Crippen LogP contribution < -0.4 is 0 Å². The van der Waals surface area contributed by atoms with E-state index in [0.29, 0.717) is 18.8 Å². The molecule has 1 saturated heterocycles. The van der Waals surface area contributed by atoms with Crippen LogP contribution in [0.1, 0.15) is 18.9 Å². The zero-order chi connectivity index (χ0) is 12.1. The van der Waals surface area contributed by atoms with Crippen molar-refractivity contribution in [1.82, 2.24) is 0 Å². The molecule has 2 rings (SSSR count). The molecular formula is C13H17FO3. The third-order valence-electron chi connectivity index (χ3n) is 2.70. The van der Waals surface area contributed by atoms with Gasteiger partial charge in [-0.15, -0.1) is 0 Å². The Balaban J connectivity index is 1.78.